The van der Waals surface area contributed by atoms with Crippen LogP contribution >= 0.6 is 0 Å². The van der Waals surface area contributed by atoms with E-state index in [2.05, 4.69) is 5.32 Å². The lowest BCUT2D eigenvalue weighted by Crippen LogP contribution is -2.53. The summed E-state index contributed by atoms with van der Waals surface area (Å²) in [5, 5.41) is 2.95. The summed E-state index contributed by atoms with van der Waals surface area (Å²) in [4.78, 5) is 29.1. The first kappa shape index (κ1) is 29.9. The van der Waals surface area contributed by atoms with Crippen LogP contribution in [0.4, 0.5) is 5.69 Å². The minimum Gasteiger partial charge on any atom is -0.354 e. The maximum absolute atomic E-state index is 14.1. The Kier molecular flexibility index (Phi) is 10.3. The Morgan fingerprint density at radius 2 is 1.54 bits per heavy atom. The fraction of sp³-hybridized carbons (Fsp3) is 0.355. The zero-order valence-electron chi connectivity index (χ0n) is 23.5. The minimum atomic E-state index is -3.79. The van der Waals surface area contributed by atoms with Crippen molar-refractivity contribution in [1.29, 1.82) is 0 Å². The fourth-order valence-corrected chi connectivity index (χ4v) is 5.23. The van der Waals surface area contributed by atoms with Crippen molar-refractivity contribution in [1.82, 2.24) is 10.2 Å². The predicted octanol–water partition coefficient (Wildman–Crippen LogP) is 4.54. The molecule has 0 aliphatic heterocycles. The molecule has 0 saturated heterocycles. The zero-order chi connectivity index (χ0) is 28.6. The number of carbonyl (C=O) groups excluding carboxylic acids is 2. The first-order valence-corrected chi connectivity index (χ1v) is 15.1. The van der Waals surface area contributed by atoms with Crippen molar-refractivity contribution in [2.24, 2.45) is 0 Å². The van der Waals surface area contributed by atoms with Crippen LogP contribution in [0.2, 0.25) is 0 Å². The number of sulfonamides is 1. The third kappa shape index (κ3) is 8.17. The lowest BCUT2D eigenvalue weighted by atomic mass is 10.0. The van der Waals surface area contributed by atoms with E-state index in [0.717, 1.165) is 44.8 Å². The van der Waals surface area contributed by atoms with Crippen LogP contribution in [-0.4, -0.2) is 50.5 Å². The number of hydrogen-bond acceptors (Lipinski definition) is 4. The second-order valence-corrected chi connectivity index (χ2v) is 11.9. The van der Waals surface area contributed by atoms with Crippen molar-refractivity contribution < 1.29 is 18.0 Å². The van der Waals surface area contributed by atoms with E-state index in [0.29, 0.717) is 18.7 Å². The lowest BCUT2D eigenvalue weighted by Gasteiger charge is -2.34. The SMILES string of the molecule is CCCNC(=O)[C@@H](Cc1ccccc1)N(Cc1ccccc1C)C(=O)CN(c1ccc(C)c(C)c1)S(C)(=O)=O. The molecule has 8 heteroatoms. The van der Waals surface area contributed by atoms with Gasteiger partial charge in [0.2, 0.25) is 21.8 Å². The molecule has 0 radical (unpaired) electrons. The van der Waals surface area contributed by atoms with Gasteiger partial charge in [0.25, 0.3) is 0 Å². The second kappa shape index (κ2) is 13.4. The molecule has 3 rings (SSSR count). The summed E-state index contributed by atoms with van der Waals surface area (Å²) in [6.45, 7) is 8.01. The number of rotatable bonds is 12. The molecule has 0 aromatic heterocycles. The van der Waals surface area contributed by atoms with Gasteiger partial charge in [0.05, 0.1) is 11.9 Å². The molecule has 3 aromatic carbocycles. The van der Waals surface area contributed by atoms with Crippen molar-refractivity contribution in [2.45, 2.75) is 53.1 Å². The molecule has 0 bridgehead atoms. The molecule has 0 fully saturated rings. The van der Waals surface area contributed by atoms with Crippen molar-refractivity contribution in [3.8, 4) is 0 Å². The Bertz CT molecular complexity index is 1390. The summed E-state index contributed by atoms with van der Waals surface area (Å²) in [5.41, 5.74) is 5.15. The maximum Gasteiger partial charge on any atom is 0.244 e. The quantitative estimate of drug-likeness (QED) is 0.359. The molecule has 0 heterocycles. The third-order valence-electron chi connectivity index (χ3n) is 6.88. The number of benzene rings is 3. The first-order valence-electron chi connectivity index (χ1n) is 13.2. The molecule has 7 nitrogen and oxygen atoms in total. The summed E-state index contributed by atoms with van der Waals surface area (Å²) >= 11 is 0. The van der Waals surface area contributed by atoms with Crippen LogP contribution in [0.15, 0.2) is 72.8 Å². The van der Waals surface area contributed by atoms with Crippen LogP contribution in [0.1, 0.15) is 41.2 Å². The van der Waals surface area contributed by atoms with Crippen LogP contribution in [0, 0.1) is 20.8 Å². The average Bonchev–Trinajstić information content (AvgIpc) is 2.90. The van der Waals surface area contributed by atoms with Crippen LogP contribution < -0.4 is 9.62 Å². The molecule has 0 aliphatic carbocycles. The monoisotopic (exact) mass is 549 g/mol. The van der Waals surface area contributed by atoms with Gasteiger partial charge in [-0.25, -0.2) is 8.42 Å². The fourth-order valence-electron chi connectivity index (χ4n) is 4.39. The van der Waals surface area contributed by atoms with Gasteiger partial charge < -0.3 is 10.2 Å². The molecule has 3 aromatic rings. The Hall–Kier alpha value is -3.65. The highest BCUT2D eigenvalue weighted by Gasteiger charge is 2.33. The van der Waals surface area contributed by atoms with Crippen molar-refractivity contribution in [3.05, 3.63) is 101 Å². The summed E-state index contributed by atoms with van der Waals surface area (Å²) in [5.74, 6) is -0.714. The molecule has 208 valence electrons. The number of amides is 2. The molecule has 1 atom stereocenters. The van der Waals surface area contributed by atoms with Crippen LogP contribution in [0.5, 0.6) is 0 Å². The summed E-state index contributed by atoms with van der Waals surface area (Å²) in [6.07, 6.45) is 2.15. The molecule has 39 heavy (non-hydrogen) atoms. The topological polar surface area (TPSA) is 86.8 Å². The minimum absolute atomic E-state index is 0.174. The van der Waals surface area contributed by atoms with E-state index in [1.807, 2.05) is 88.4 Å². The largest absolute Gasteiger partial charge is 0.354 e. The van der Waals surface area contributed by atoms with E-state index in [4.69, 9.17) is 0 Å². The molecule has 0 aliphatic rings. The normalized spacial score (nSPS) is 12.0. The molecule has 2 amide bonds. The second-order valence-electron chi connectivity index (χ2n) is 9.98. The van der Waals surface area contributed by atoms with Crippen molar-refractivity contribution >= 4 is 27.5 Å². The standard InChI is InChI=1S/C31H39N3O4S/c1-6-18-32-31(36)29(20-26-13-8-7-9-14-26)33(21-27-15-11-10-12-24(27)3)30(35)22-34(39(5,37)38)28-17-16-23(2)25(4)19-28/h7-17,19,29H,6,18,20-22H2,1-5H3,(H,32,36)/t29-/m1/s1. The Morgan fingerprint density at radius 3 is 2.15 bits per heavy atom. The highest BCUT2D eigenvalue weighted by atomic mass is 32.2. The number of hydrogen-bond donors (Lipinski definition) is 1. The predicted molar refractivity (Wildman–Crippen MR) is 157 cm³/mol. The molecule has 0 spiro atoms. The molecule has 0 saturated carbocycles. The van der Waals surface area contributed by atoms with Gasteiger partial charge in [0.1, 0.15) is 12.6 Å². The van der Waals surface area contributed by atoms with Crippen LogP contribution in [-0.2, 0) is 32.6 Å². The van der Waals surface area contributed by atoms with E-state index < -0.39 is 28.5 Å². The van der Waals surface area contributed by atoms with E-state index in [1.165, 1.54) is 4.90 Å². The molecular weight excluding hydrogens is 510 g/mol. The summed E-state index contributed by atoms with van der Waals surface area (Å²) in [6, 6.07) is 21.7. The van der Waals surface area contributed by atoms with Gasteiger partial charge in [-0.15, -0.1) is 0 Å². The molecule has 0 unspecified atom stereocenters. The van der Waals surface area contributed by atoms with Crippen LogP contribution in [0.25, 0.3) is 0 Å². The zero-order valence-corrected chi connectivity index (χ0v) is 24.3. The Balaban J connectivity index is 2.06. The first-order chi connectivity index (χ1) is 18.5. The van der Waals surface area contributed by atoms with Gasteiger partial charge in [0.15, 0.2) is 0 Å². The van der Waals surface area contributed by atoms with Crippen LogP contribution in [0.3, 0.4) is 0 Å². The Morgan fingerprint density at radius 1 is 0.872 bits per heavy atom. The number of aryl methyl sites for hydroxylation is 3. The maximum atomic E-state index is 14.1. The van der Waals surface area contributed by atoms with Gasteiger partial charge >= 0.3 is 0 Å². The van der Waals surface area contributed by atoms with E-state index in [9.17, 15) is 18.0 Å². The van der Waals surface area contributed by atoms with E-state index in [-0.39, 0.29) is 12.5 Å². The summed E-state index contributed by atoms with van der Waals surface area (Å²) in [7, 11) is -3.79. The Labute approximate surface area is 232 Å². The highest BCUT2D eigenvalue weighted by Crippen LogP contribution is 2.23. The molecule has 1 N–H and O–H groups in total. The van der Waals surface area contributed by atoms with E-state index in [1.54, 1.807) is 12.1 Å². The highest BCUT2D eigenvalue weighted by molar-refractivity contribution is 7.92. The summed E-state index contributed by atoms with van der Waals surface area (Å²) < 4.78 is 26.9. The van der Waals surface area contributed by atoms with Crippen molar-refractivity contribution in [3.63, 3.8) is 0 Å². The van der Waals surface area contributed by atoms with E-state index >= 15 is 0 Å². The number of carbonyl (C=O) groups is 2. The van der Waals surface area contributed by atoms with Gasteiger partial charge in [-0.3, -0.25) is 13.9 Å². The van der Waals surface area contributed by atoms with Gasteiger partial charge in [-0.2, -0.15) is 0 Å². The van der Waals surface area contributed by atoms with Crippen molar-refractivity contribution in [2.75, 3.05) is 23.7 Å². The smallest absolute Gasteiger partial charge is 0.244 e. The number of anilines is 1. The average molecular weight is 550 g/mol. The number of nitrogens with one attached hydrogen (secondary N) is 1. The van der Waals surface area contributed by atoms with Gasteiger partial charge in [-0.05, 0) is 67.1 Å². The molecular formula is C31H39N3O4S. The third-order valence-corrected chi connectivity index (χ3v) is 8.02. The lowest BCUT2D eigenvalue weighted by molar-refractivity contribution is -0.140. The van der Waals surface area contributed by atoms with Gasteiger partial charge in [-0.1, -0.05) is 67.6 Å². The number of nitrogens with zero attached hydrogens (tertiary/aromatic N) is 2. The van der Waals surface area contributed by atoms with Gasteiger partial charge in [0, 0.05) is 19.5 Å².